The third kappa shape index (κ3) is 23.8. The topological polar surface area (TPSA) is 148 Å². The van der Waals surface area contributed by atoms with Crippen LogP contribution in [0.5, 0.6) is 0 Å². The van der Waals surface area contributed by atoms with Crippen LogP contribution in [0.4, 0.5) is 0 Å². The van der Waals surface area contributed by atoms with Crippen molar-refractivity contribution in [1.29, 1.82) is 0 Å². The number of hydrogen-bond donors (Lipinski definition) is 1. The molecule has 0 atom stereocenters. The monoisotopic (exact) mass is 812 g/mol. The summed E-state index contributed by atoms with van der Waals surface area (Å²) < 4.78 is 67.3. The van der Waals surface area contributed by atoms with Gasteiger partial charge in [-0.3, -0.25) is 4.79 Å². The van der Waals surface area contributed by atoms with Crippen molar-refractivity contribution in [2.45, 2.75) is 32.2 Å². The van der Waals surface area contributed by atoms with E-state index in [9.17, 15) is 4.79 Å². The van der Waals surface area contributed by atoms with Gasteiger partial charge in [-0.05, 0) is 15.4 Å². The summed E-state index contributed by atoms with van der Waals surface area (Å²) in [5.41, 5.74) is 0. The number of carboxylic acids is 1. The second-order valence-electron chi connectivity index (χ2n) is 13.4. The van der Waals surface area contributed by atoms with Gasteiger partial charge >= 0.3 is 5.97 Å². The number of ether oxygens (including phenoxy) is 11. The maximum atomic E-state index is 10.4. The molecule has 2 aromatic rings. The second-order valence-corrected chi connectivity index (χ2v) is 17.7. The maximum absolute atomic E-state index is 10.4. The molecule has 1 N–H and O–H groups in total. The van der Waals surface area contributed by atoms with E-state index in [1.807, 2.05) is 0 Å². The van der Waals surface area contributed by atoms with Gasteiger partial charge in [-0.25, -0.2) is 0 Å². The first-order valence-corrected chi connectivity index (χ1v) is 21.6. The summed E-state index contributed by atoms with van der Waals surface area (Å²) in [6.07, 6.45) is -0.00417. The first kappa shape index (κ1) is 49.8. The largest absolute Gasteiger partial charge is 0.481 e. The van der Waals surface area contributed by atoms with E-state index in [-0.39, 0.29) is 18.1 Å². The average molecular weight is 813 g/mol. The lowest BCUT2D eigenvalue weighted by atomic mass is 10.2. The van der Waals surface area contributed by atoms with E-state index >= 15 is 0 Å². The Kier molecular flexibility index (Phi) is 29.9. The highest BCUT2D eigenvalue weighted by Crippen LogP contribution is 2.36. The molecule has 0 fully saturated rings. The smallest absolute Gasteiger partial charge is 0.305 e. The van der Waals surface area contributed by atoms with Crippen molar-refractivity contribution in [1.82, 2.24) is 0 Å². The van der Waals surface area contributed by atoms with Crippen LogP contribution in [0.1, 0.15) is 27.2 Å². The normalized spacial score (nSPS) is 12.1. The fourth-order valence-electron chi connectivity index (χ4n) is 5.48. The van der Waals surface area contributed by atoms with Crippen LogP contribution < -0.4 is 10.4 Å². The molecule has 0 spiro atoms. The highest BCUT2D eigenvalue weighted by atomic mass is 28.4. The minimum Gasteiger partial charge on any atom is -0.481 e. The van der Waals surface area contributed by atoms with Crippen LogP contribution in [0.3, 0.4) is 0 Å². The van der Waals surface area contributed by atoms with Crippen LogP contribution in [-0.4, -0.2) is 171 Å². The van der Waals surface area contributed by atoms with Crippen molar-refractivity contribution in [2.75, 3.05) is 152 Å². The maximum Gasteiger partial charge on any atom is 0.305 e. The summed E-state index contributed by atoms with van der Waals surface area (Å²) in [5, 5.41) is 11.0. The molecule has 0 radical (unpaired) electrons. The van der Waals surface area contributed by atoms with Crippen molar-refractivity contribution in [3.8, 4) is 0 Å². The van der Waals surface area contributed by atoms with E-state index in [1.54, 1.807) is 0 Å². The molecule has 0 aliphatic heterocycles. The summed E-state index contributed by atoms with van der Waals surface area (Å²) in [5.74, 6) is -0.875. The number of carboxylic acid groups (broad SMARTS) is 1. The lowest BCUT2D eigenvalue weighted by Gasteiger charge is -2.43. The highest BCUT2D eigenvalue weighted by Gasteiger charge is 2.50. The second kappa shape index (κ2) is 33.6. The lowest BCUT2D eigenvalue weighted by Crippen LogP contribution is -2.66. The molecule has 0 amide bonds. The van der Waals surface area contributed by atoms with Crippen LogP contribution in [-0.2, 0) is 61.3 Å². The van der Waals surface area contributed by atoms with E-state index in [4.69, 9.17) is 61.6 Å². The Labute approximate surface area is 335 Å². The van der Waals surface area contributed by atoms with Gasteiger partial charge in [0.25, 0.3) is 8.32 Å². The number of benzene rings is 2. The van der Waals surface area contributed by atoms with Gasteiger partial charge in [0.1, 0.15) is 0 Å². The van der Waals surface area contributed by atoms with Crippen LogP contribution in [0.15, 0.2) is 60.7 Å². The zero-order valence-electron chi connectivity index (χ0n) is 34.0. The zero-order valence-corrected chi connectivity index (χ0v) is 35.0. The zero-order chi connectivity index (χ0) is 40.3. The number of rotatable bonds is 39. The van der Waals surface area contributed by atoms with Crippen LogP contribution in [0.25, 0.3) is 0 Å². The Bertz CT molecular complexity index is 1130. The molecule has 56 heavy (non-hydrogen) atoms. The van der Waals surface area contributed by atoms with Gasteiger partial charge in [0.15, 0.2) is 0 Å². The molecule has 14 nitrogen and oxygen atoms in total. The first-order chi connectivity index (χ1) is 27.4. The van der Waals surface area contributed by atoms with Gasteiger partial charge in [0.05, 0.1) is 158 Å². The summed E-state index contributed by atoms with van der Waals surface area (Å²) in [6.45, 7) is 17.5. The lowest BCUT2D eigenvalue weighted by molar-refractivity contribution is -0.138. The van der Waals surface area contributed by atoms with Crippen molar-refractivity contribution in [3.63, 3.8) is 0 Å². The number of aliphatic carboxylic acids is 1. The highest BCUT2D eigenvalue weighted by molar-refractivity contribution is 6.99. The molecule has 0 saturated heterocycles. The molecule has 0 aliphatic carbocycles. The number of carbonyl (C=O) groups is 1. The van der Waals surface area contributed by atoms with E-state index in [0.717, 1.165) is 0 Å². The molecule has 320 valence electrons. The SMILES string of the molecule is CC(C)(C)[Si](OCCOCCOCCOCCOCCOCCOCCOCCOCCOCCOCCOCCC(=O)O)(c1ccccc1)c1ccccc1. The van der Waals surface area contributed by atoms with Gasteiger partial charge < -0.3 is 61.6 Å². The molecule has 0 saturated carbocycles. The van der Waals surface area contributed by atoms with Crippen LogP contribution in [0.2, 0.25) is 5.04 Å². The Morgan fingerprint density at radius 2 is 0.643 bits per heavy atom. The third-order valence-electron chi connectivity index (χ3n) is 8.14. The van der Waals surface area contributed by atoms with E-state index in [1.165, 1.54) is 10.4 Å². The van der Waals surface area contributed by atoms with Crippen molar-refractivity contribution >= 4 is 24.7 Å². The predicted molar refractivity (Wildman–Crippen MR) is 215 cm³/mol. The van der Waals surface area contributed by atoms with Gasteiger partial charge in [-0.2, -0.15) is 0 Å². The minimum absolute atomic E-state index is 0.00417. The van der Waals surface area contributed by atoms with E-state index in [2.05, 4.69) is 81.4 Å². The molecular formula is C41H68O14Si. The Balaban J connectivity index is 1.28. The van der Waals surface area contributed by atoms with Crippen LogP contribution in [0, 0.1) is 0 Å². The average Bonchev–Trinajstić information content (AvgIpc) is 3.19. The van der Waals surface area contributed by atoms with Gasteiger partial charge in [-0.15, -0.1) is 0 Å². The summed E-state index contributed by atoms with van der Waals surface area (Å²) in [4.78, 5) is 10.4. The summed E-state index contributed by atoms with van der Waals surface area (Å²) >= 11 is 0. The van der Waals surface area contributed by atoms with E-state index in [0.29, 0.717) is 145 Å². The summed E-state index contributed by atoms with van der Waals surface area (Å²) in [6, 6.07) is 21.2. The van der Waals surface area contributed by atoms with E-state index < -0.39 is 14.3 Å². The Hall–Kier alpha value is -2.35. The van der Waals surface area contributed by atoms with Gasteiger partial charge in [-0.1, -0.05) is 81.4 Å². The third-order valence-corrected chi connectivity index (χ3v) is 13.2. The molecule has 2 rings (SSSR count). The molecule has 0 aliphatic rings. The molecule has 0 aromatic heterocycles. The van der Waals surface area contributed by atoms with Crippen molar-refractivity contribution in [3.05, 3.63) is 60.7 Å². The molecule has 0 bridgehead atoms. The van der Waals surface area contributed by atoms with Gasteiger partial charge in [0.2, 0.25) is 0 Å². The van der Waals surface area contributed by atoms with Gasteiger partial charge in [0, 0.05) is 0 Å². The molecule has 0 unspecified atom stereocenters. The fraction of sp³-hybridized carbons (Fsp3) is 0.683. The number of hydrogen-bond acceptors (Lipinski definition) is 13. The quantitative estimate of drug-likeness (QED) is 0.0779. The minimum atomic E-state index is -2.55. The van der Waals surface area contributed by atoms with Crippen LogP contribution >= 0.6 is 0 Å². The standard InChI is InChI=1S/C41H68O14Si/c1-41(2,3)56(38-10-6-4-7-11-38,39-12-8-5-9-13-39)55-37-36-54-35-34-53-33-32-52-31-30-51-29-28-50-27-26-49-25-24-48-23-22-47-21-20-46-19-18-45-17-16-44-15-14-40(42)43/h4-13H,14-37H2,1-3H3,(H,42,43). The Morgan fingerprint density at radius 1 is 0.411 bits per heavy atom. The fourth-order valence-corrected chi connectivity index (χ4v) is 10.0. The van der Waals surface area contributed by atoms with Crippen molar-refractivity contribution in [2.24, 2.45) is 0 Å². The predicted octanol–water partition coefficient (Wildman–Crippen LogP) is 3.22. The molecule has 0 heterocycles. The first-order valence-electron chi connectivity index (χ1n) is 19.7. The summed E-state index contributed by atoms with van der Waals surface area (Å²) in [7, 11) is -2.55. The molecule has 15 heteroatoms. The van der Waals surface area contributed by atoms with Crippen molar-refractivity contribution < 1.29 is 66.4 Å². The Morgan fingerprint density at radius 3 is 0.875 bits per heavy atom. The molecule has 2 aromatic carbocycles. The molecular weight excluding hydrogens is 745 g/mol.